The molecular weight excluding hydrogens is 430 g/mol. The van der Waals surface area contributed by atoms with Gasteiger partial charge in [0.25, 0.3) is 5.82 Å². The highest BCUT2D eigenvalue weighted by molar-refractivity contribution is 5.71. The monoisotopic (exact) mass is 468 g/mol. The van der Waals surface area contributed by atoms with Gasteiger partial charge in [-0.1, -0.05) is 58.0 Å². The van der Waals surface area contributed by atoms with Crippen LogP contribution in [0.2, 0.25) is 0 Å². The van der Waals surface area contributed by atoms with Gasteiger partial charge in [-0.25, -0.2) is 4.57 Å². The third-order valence-corrected chi connectivity index (χ3v) is 6.54. The minimum atomic E-state index is 0.0944. The molecule has 0 bridgehead atoms. The normalized spacial score (nSPS) is 11.6. The molecule has 0 amide bonds. The molecular formula is C31H38N3O+. The number of aryl methyl sites for hydroxylation is 1. The van der Waals surface area contributed by atoms with Crippen LogP contribution in [0.15, 0.2) is 67.3 Å². The maximum atomic E-state index is 6.08. The lowest BCUT2D eigenvalue weighted by atomic mass is 9.88. The van der Waals surface area contributed by atoms with Crippen LogP contribution in [0.3, 0.4) is 0 Å². The van der Waals surface area contributed by atoms with Crippen LogP contribution < -0.4 is 9.30 Å². The summed E-state index contributed by atoms with van der Waals surface area (Å²) in [6.07, 6.45) is 8.18. The minimum Gasteiger partial charge on any atom is -0.489 e. The van der Waals surface area contributed by atoms with Gasteiger partial charge in [-0.2, -0.15) is 4.57 Å². The van der Waals surface area contributed by atoms with E-state index in [1.807, 2.05) is 26.2 Å². The van der Waals surface area contributed by atoms with E-state index in [1.54, 1.807) is 0 Å². The first-order chi connectivity index (χ1) is 16.7. The first-order valence-electron chi connectivity index (χ1n) is 12.6. The SMILES string of the molecule is Cc1c(OC(C)C)cncc1-c1n(-c2c(C(C)C)cc(-c3ccccc3)cc2C(C)C)cc[n+]1C. The van der Waals surface area contributed by atoms with Gasteiger partial charge in [-0.15, -0.1) is 0 Å². The van der Waals surface area contributed by atoms with Crippen LogP contribution >= 0.6 is 0 Å². The lowest BCUT2D eigenvalue weighted by Gasteiger charge is -2.20. The topological polar surface area (TPSA) is 30.9 Å². The molecule has 4 aromatic rings. The molecule has 0 aliphatic heterocycles. The zero-order valence-corrected chi connectivity index (χ0v) is 22.3. The van der Waals surface area contributed by atoms with Crippen LogP contribution in [0, 0.1) is 6.92 Å². The van der Waals surface area contributed by atoms with Crippen molar-refractivity contribution in [3.8, 4) is 34.0 Å². The molecule has 2 aromatic carbocycles. The number of aromatic nitrogens is 3. The molecule has 4 heteroatoms. The van der Waals surface area contributed by atoms with Crippen molar-refractivity contribution in [2.24, 2.45) is 7.05 Å². The summed E-state index contributed by atoms with van der Waals surface area (Å²) >= 11 is 0. The fraction of sp³-hybridized carbons (Fsp3) is 0.355. The Kier molecular flexibility index (Phi) is 7.11. The molecule has 0 unspecified atom stereocenters. The van der Waals surface area contributed by atoms with Crippen molar-refractivity contribution >= 4 is 0 Å². The van der Waals surface area contributed by atoms with E-state index >= 15 is 0 Å². The zero-order valence-electron chi connectivity index (χ0n) is 22.3. The largest absolute Gasteiger partial charge is 0.489 e. The predicted octanol–water partition coefficient (Wildman–Crippen LogP) is 7.37. The summed E-state index contributed by atoms with van der Waals surface area (Å²) in [5.41, 5.74) is 8.64. The predicted molar refractivity (Wildman–Crippen MR) is 144 cm³/mol. The maximum absolute atomic E-state index is 6.08. The molecule has 0 fully saturated rings. The quantitative estimate of drug-likeness (QED) is 0.265. The molecule has 182 valence electrons. The van der Waals surface area contributed by atoms with Gasteiger partial charge in [0.15, 0.2) is 0 Å². The highest BCUT2D eigenvalue weighted by Crippen LogP contribution is 2.38. The number of nitrogens with zero attached hydrogens (tertiary/aromatic N) is 3. The van der Waals surface area contributed by atoms with Gasteiger partial charge in [0.05, 0.1) is 24.9 Å². The second-order valence-electron chi connectivity index (χ2n) is 10.3. The smallest absolute Gasteiger partial charge is 0.295 e. The second kappa shape index (κ2) is 10.1. The van der Waals surface area contributed by atoms with Gasteiger partial charge in [-0.3, -0.25) is 4.98 Å². The zero-order chi connectivity index (χ0) is 25.3. The molecule has 35 heavy (non-hydrogen) atoms. The van der Waals surface area contributed by atoms with Crippen LogP contribution in [0.1, 0.15) is 70.1 Å². The second-order valence-corrected chi connectivity index (χ2v) is 10.3. The first kappa shape index (κ1) is 24.7. The number of hydrogen-bond acceptors (Lipinski definition) is 2. The molecule has 4 nitrogen and oxygen atoms in total. The van der Waals surface area contributed by atoms with Gasteiger partial charge in [0.1, 0.15) is 23.8 Å². The molecule has 0 radical (unpaired) electrons. The summed E-state index contributed by atoms with van der Waals surface area (Å²) in [5.74, 6) is 2.65. The Bertz CT molecular complexity index is 1290. The fourth-order valence-corrected chi connectivity index (χ4v) is 4.72. The Morgan fingerprint density at radius 2 is 1.49 bits per heavy atom. The average molecular weight is 469 g/mol. The summed E-state index contributed by atoms with van der Waals surface area (Å²) in [5, 5.41) is 0. The van der Waals surface area contributed by atoms with Crippen LogP contribution in [0.5, 0.6) is 5.75 Å². The molecule has 0 saturated carbocycles. The van der Waals surface area contributed by atoms with Crippen molar-refractivity contribution in [2.45, 2.75) is 66.4 Å². The average Bonchev–Trinajstić information content (AvgIpc) is 3.20. The Balaban J connectivity index is 1.99. The van der Waals surface area contributed by atoms with Crippen LogP contribution in [-0.4, -0.2) is 15.7 Å². The lowest BCUT2D eigenvalue weighted by molar-refractivity contribution is -0.659. The number of rotatable bonds is 7. The van der Waals surface area contributed by atoms with Gasteiger partial charge < -0.3 is 4.74 Å². The van der Waals surface area contributed by atoms with E-state index in [0.29, 0.717) is 11.8 Å². The molecule has 0 aliphatic carbocycles. The van der Waals surface area contributed by atoms with E-state index in [-0.39, 0.29) is 6.10 Å². The molecule has 2 heterocycles. The summed E-state index contributed by atoms with van der Waals surface area (Å²) in [6, 6.07) is 15.4. The molecule has 0 aliphatic rings. The van der Waals surface area contributed by atoms with Crippen LogP contribution in [0.4, 0.5) is 0 Å². The minimum absolute atomic E-state index is 0.0944. The first-order valence-corrected chi connectivity index (χ1v) is 12.6. The Morgan fingerprint density at radius 3 is 2.06 bits per heavy atom. The van der Waals surface area contributed by atoms with Crippen molar-refractivity contribution in [3.05, 3.63) is 83.9 Å². The molecule has 0 saturated heterocycles. The Labute approximate surface area is 210 Å². The lowest BCUT2D eigenvalue weighted by Crippen LogP contribution is -2.29. The van der Waals surface area contributed by atoms with E-state index < -0.39 is 0 Å². The van der Waals surface area contributed by atoms with Crippen molar-refractivity contribution in [3.63, 3.8) is 0 Å². The Morgan fingerprint density at radius 1 is 0.857 bits per heavy atom. The van der Waals surface area contributed by atoms with E-state index in [9.17, 15) is 0 Å². The van der Waals surface area contributed by atoms with Gasteiger partial charge in [0.2, 0.25) is 0 Å². The standard InChI is InChI=1S/C31H38N3O/c1-20(2)26-16-25(24-12-10-9-11-13-24)17-27(21(3)4)30(26)34-15-14-33(8)31(34)28-18-32-19-29(23(28)7)35-22(5)6/h9-22H,1-8H3/q+1. The molecule has 2 aromatic heterocycles. The molecule has 4 rings (SSSR count). The summed E-state index contributed by atoms with van der Waals surface area (Å²) in [6.45, 7) is 15.3. The van der Waals surface area contributed by atoms with E-state index in [0.717, 1.165) is 22.7 Å². The third-order valence-electron chi connectivity index (χ3n) is 6.54. The van der Waals surface area contributed by atoms with E-state index in [4.69, 9.17) is 4.74 Å². The fourth-order valence-electron chi connectivity index (χ4n) is 4.72. The number of ether oxygens (including phenoxy) is 1. The van der Waals surface area contributed by atoms with Gasteiger partial charge in [0, 0.05) is 22.9 Å². The number of hydrogen-bond donors (Lipinski definition) is 0. The Hall–Kier alpha value is -3.40. The van der Waals surface area contributed by atoms with Crippen LogP contribution in [-0.2, 0) is 7.05 Å². The van der Waals surface area contributed by atoms with Crippen molar-refractivity contribution < 1.29 is 9.30 Å². The molecule has 0 spiro atoms. The highest BCUT2D eigenvalue weighted by Gasteiger charge is 2.28. The number of pyridine rings is 1. The van der Waals surface area contributed by atoms with Gasteiger partial charge in [-0.05, 0) is 55.9 Å². The molecule has 0 atom stereocenters. The summed E-state index contributed by atoms with van der Waals surface area (Å²) < 4.78 is 10.6. The summed E-state index contributed by atoms with van der Waals surface area (Å²) in [4.78, 5) is 4.55. The van der Waals surface area contributed by atoms with Crippen molar-refractivity contribution in [2.75, 3.05) is 0 Å². The highest BCUT2D eigenvalue weighted by atomic mass is 16.5. The van der Waals surface area contributed by atoms with Gasteiger partial charge >= 0.3 is 0 Å². The maximum Gasteiger partial charge on any atom is 0.295 e. The molecule has 0 N–H and O–H groups in total. The third kappa shape index (κ3) is 4.88. The van der Waals surface area contributed by atoms with Crippen molar-refractivity contribution in [1.82, 2.24) is 9.55 Å². The van der Waals surface area contributed by atoms with E-state index in [2.05, 4.69) is 111 Å². The van der Waals surface area contributed by atoms with Crippen molar-refractivity contribution in [1.29, 1.82) is 0 Å². The summed E-state index contributed by atoms with van der Waals surface area (Å²) in [7, 11) is 2.10. The number of imidazole rings is 1. The van der Waals surface area contributed by atoms with E-state index in [1.165, 1.54) is 27.9 Å². The number of benzene rings is 2. The van der Waals surface area contributed by atoms with Crippen LogP contribution in [0.25, 0.3) is 28.2 Å².